The Bertz CT molecular complexity index is 1670. The van der Waals surface area contributed by atoms with Gasteiger partial charge in [-0.25, -0.2) is 14.4 Å². The molecule has 0 aromatic heterocycles. The molecule has 4 N–H and O–H groups in total. The number of alkyl carbamates (subject to hydrolysis) is 2. The van der Waals surface area contributed by atoms with E-state index in [-0.39, 0.29) is 43.9 Å². The number of benzene rings is 3. The largest absolute Gasteiger partial charge is 0.467 e. The lowest BCUT2D eigenvalue weighted by Gasteiger charge is -2.28. The molecule has 0 aliphatic heterocycles. The number of hydrogen-bond donors (Lipinski definition) is 4. The number of amides is 4. The number of fused-ring (bicyclic) bond motifs is 3. The highest BCUT2D eigenvalue weighted by Gasteiger charge is 2.34. The number of rotatable bonds is 19. The smallest absolute Gasteiger partial charge is 0.407 e. The molecule has 0 saturated heterocycles. The van der Waals surface area contributed by atoms with Crippen LogP contribution in [-0.4, -0.2) is 68.4 Å². The van der Waals surface area contributed by atoms with Crippen LogP contribution in [0, 0.1) is 11.8 Å². The standard InChI is InChI=1S/C42H54N4O8/c1-6-28(4)37(39(48)44-36(24-27(2)3)40(49)52-5)46-38(47)35(22-14-15-23-43-41(50)53-25-29-16-8-7-9-17-29)45-42(51)54-26-34-32-20-12-10-18-30(32)31-19-11-13-21-33(31)34/h7-13,16-21,27-28,34-37H,6,14-15,22-26H2,1-5H3,(H,43,50)(H,44,48)(H,45,51)(H,46,47)/t28-,35-,36-,37-/m0/s1. The van der Waals surface area contributed by atoms with Crippen LogP contribution >= 0.6 is 0 Å². The minimum atomic E-state index is -1.06. The van der Waals surface area contributed by atoms with Gasteiger partial charge in [0.05, 0.1) is 7.11 Å². The molecule has 1 aliphatic carbocycles. The number of hydrogen-bond acceptors (Lipinski definition) is 8. The Morgan fingerprint density at radius 2 is 1.33 bits per heavy atom. The average Bonchev–Trinajstić information content (AvgIpc) is 3.50. The second-order valence-corrected chi connectivity index (χ2v) is 14.1. The molecular formula is C42H54N4O8. The molecule has 4 atom stereocenters. The Labute approximate surface area is 318 Å². The maximum atomic E-state index is 13.9. The summed E-state index contributed by atoms with van der Waals surface area (Å²) in [5, 5.41) is 11.1. The SMILES string of the molecule is CC[C@H](C)[C@H](NC(=O)[C@H](CCCCNC(=O)OCc1ccccc1)NC(=O)OCC1c2ccccc2-c2ccccc21)C(=O)N[C@@H](CC(C)C)C(=O)OC. The van der Waals surface area contributed by atoms with Crippen molar-refractivity contribution in [3.05, 3.63) is 95.6 Å². The van der Waals surface area contributed by atoms with E-state index < -0.39 is 48.1 Å². The third-order valence-electron chi connectivity index (χ3n) is 9.66. The Morgan fingerprint density at radius 1 is 0.704 bits per heavy atom. The number of carbonyl (C=O) groups is 5. The Kier molecular flexibility index (Phi) is 15.9. The predicted octanol–water partition coefficient (Wildman–Crippen LogP) is 6.23. The van der Waals surface area contributed by atoms with E-state index in [0.29, 0.717) is 25.7 Å². The normalized spacial score (nSPS) is 14.0. The van der Waals surface area contributed by atoms with Crippen molar-refractivity contribution in [2.24, 2.45) is 11.8 Å². The summed E-state index contributed by atoms with van der Waals surface area (Å²) in [7, 11) is 1.26. The molecule has 0 unspecified atom stereocenters. The maximum Gasteiger partial charge on any atom is 0.407 e. The number of unbranched alkanes of at least 4 members (excludes halogenated alkanes) is 1. The number of ether oxygens (including phenoxy) is 3. The first-order valence-corrected chi connectivity index (χ1v) is 18.8. The highest BCUT2D eigenvalue weighted by Crippen LogP contribution is 2.44. The van der Waals surface area contributed by atoms with Gasteiger partial charge in [-0.3, -0.25) is 9.59 Å². The zero-order valence-corrected chi connectivity index (χ0v) is 31.9. The van der Waals surface area contributed by atoms with Crippen molar-refractivity contribution in [3.8, 4) is 11.1 Å². The van der Waals surface area contributed by atoms with Crippen LogP contribution in [0.25, 0.3) is 11.1 Å². The molecule has 4 rings (SSSR count). The van der Waals surface area contributed by atoms with Crippen LogP contribution in [0.2, 0.25) is 0 Å². The van der Waals surface area contributed by atoms with Gasteiger partial charge in [0.15, 0.2) is 0 Å². The summed E-state index contributed by atoms with van der Waals surface area (Å²) in [6, 6.07) is 22.4. The number of methoxy groups -OCH3 is 1. The summed E-state index contributed by atoms with van der Waals surface area (Å²) in [6.07, 6.45) is 0.717. The summed E-state index contributed by atoms with van der Waals surface area (Å²) in [5.74, 6) is -2.04. The fraction of sp³-hybridized carbons (Fsp3) is 0.452. The summed E-state index contributed by atoms with van der Waals surface area (Å²) in [6.45, 7) is 8.07. The third kappa shape index (κ3) is 11.8. The van der Waals surface area contributed by atoms with Crippen molar-refractivity contribution in [3.63, 3.8) is 0 Å². The molecular weight excluding hydrogens is 688 g/mol. The van der Waals surface area contributed by atoms with E-state index in [9.17, 15) is 24.0 Å². The molecule has 3 aromatic carbocycles. The van der Waals surface area contributed by atoms with E-state index in [0.717, 1.165) is 27.8 Å². The van der Waals surface area contributed by atoms with Crippen LogP contribution < -0.4 is 21.3 Å². The zero-order valence-electron chi connectivity index (χ0n) is 31.9. The number of carbonyl (C=O) groups excluding carboxylic acids is 5. The molecule has 1 aliphatic rings. The first-order valence-electron chi connectivity index (χ1n) is 18.8. The van der Waals surface area contributed by atoms with Crippen LogP contribution in [-0.2, 0) is 35.2 Å². The topological polar surface area (TPSA) is 161 Å². The first-order chi connectivity index (χ1) is 26.0. The third-order valence-corrected chi connectivity index (χ3v) is 9.66. The van der Waals surface area contributed by atoms with Gasteiger partial charge in [0.1, 0.15) is 31.3 Å². The van der Waals surface area contributed by atoms with Gasteiger partial charge < -0.3 is 35.5 Å². The van der Waals surface area contributed by atoms with Gasteiger partial charge in [-0.2, -0.15) is 0 Å². The summed E-state index contributed by atoms with van der Waals surface area (Å²) >= 11 is 0. The number of esters is 1. The fourth-order valence-electron chi connectivity index (χ4n) is 6.53. The molecule has 4 amide bonds. The Hall–Kier alpha value is -5.39. The van der Waals surface area contributed by atoms with E-state index in [1.807, 2.05) is 107 Å². The average molecular weight is 743 g/mol. The Morgan fingerprint density at radius 3 is 1.94 bits per heavy atom. The van der Waals surface area contributed by atoms with E-state index in [1.165, 1.54) is 7.11 Å². The minimum Gasteiger partial charge on any atom is -0.467 e. The van der Waals surface area contributed by atoms with Crippen molar-refractivity contribution in [1.82, 2.24) is 21.3 Å². The van der Waals surface area contributed by atoms with Gasteiger partial charge >= 0.3 is 18.2 Å². The highest BCUT2D eigenvalue weighted by atomic mass is 16.6. The van der Waals surface area contributed by atoms with Crippen molar-refractivity contribution in [2.75, 3.05) is 20.3 Å². The number of nitrogens with one attached hydrogen (secondary N) is 4. The lowest BCUT2D eigenvalue weighted by molar-refractivity contribution is -0.146. The van der Waals surface area contributed by atoms with E-state index in [2.05, 4.69) is 21.3 Å². The zero-order chi connectivity index (χ0) is 39.0. The van der Waals surface area contributed by atoms with Gasteiger partial charge in [0.2, 0.25) is 11.8 Å². The Balaban J connectivity index is 1.41. The molecule has 0 heterocycles. The molecule has 0 spiro atoms. The molecule has 12 nitrogen and oxygen atoms in total. The molecule has 54 heavy (non-hydrogen) atoms. The molecule has 290 valence electrons. The lowest BCUT2D eigenvalue weighted by Crippen LogP contribution is -2.58. The van der Waals surface area contributed by atoms with Crippen LogP contribution in [0.3, 0.4) is 0 Å². The van der Waals surface area contributed by atoms with Gasteiger partial charge in [0.25, 0.3) is 0 Å². The van der Waals surface area contributed by atoms with Crippen molar-refractivity contribution < 1.29 is 38.2 Å². The molecule has 0 saturated carbocycles. The van der Waals surface area contributed by atoms with Gasteiger partial charge in [-0.05, 0) is 65.3 Å². The van der Waals surface area contributed by atoms with Gasteiger partial charge in [-0.15, -0.1) is 0 Å². The first kappa shape index (κ1) is 41.4. The van der Waals surface area contributed by atoms with Crippen LogP contribution in [0.1, 0.15) is 82.4 Å². The van der Waals surface area contributed by atoms with Crippen LogP contribution in [0.5, 0.6) is 0 Å². The van der Waals surface area contributed by atoms with Crippen molar-refractivity contribution in [2.45, 2.75) is 90.4 Å². The predicted molar refractivity (Wildman–Crippen MR) is 205 cm³/mol. The molecule has 3 aromatic rings. The quantitative estimate of drug-likeness (QED) is 0.0639. The van der Waals surface area contributed by atoms with Crippen LogP contribution in [0.15, 0.2) is 78.9 Å². The molecule has 0 fully saturated rings. The maximum absolute atomic E-state index is 13.9. The van der Waals surface area contributed by atoms with Crippen LogP contribution in [0.4, 0.5) is 9.59 Å². The van der Waals surface area contributed by atoms with Gasteiger partial charge in [-0.1, -0.05) is 113 Å². The van der Waals surface area contributed by atoms with Crippen molar-refractivity contribution in [1.29, 1.82) is 0 Å². The minimum absolute atomic E-state index is 0.0614. The summed E-state index contributed by atoms with van der Waals surface area (Å²) < 4.78 is 16.0. The van der Waals surface area contributed by atoms with E-state index in [4.69, 9.17) is 14.2 Å². The van der Waals surface area contributed by atoms with Gasteiger partial charge in [0, 0.05) is 12.5 Å². The second-order valence-electron chi connectivity index (χ2n) is 14.1. The lowest BCUT2D eigenvalue weighted by atomic mass is 9.96. The van der Waals surface area contributed by atoms with E-state index >= 15 is 0 Å². The second kappa shape index (κ2) is 20.7. The molecule has 12 heteroatoms. The summed E-state index contributed by atoms with van der Waals surface area (Å²) in [5.41, 5.74) is 5.16. The molecule has 0 radical (unpaired) electrons. The van der Waals surface area contributed by atoms with E-state index in [1.54, 1.807) is 0 Å². The van der Waals surface area contributed by atoms with Crippen molar-refractivity contribution >= 4 is 30.0 Å². The summed E-state index contributed by atoms with van der Waals surface area (Å²) in [4.78, 5) is 65.6. The highest BCUT2D eigenvalue weighted by molar-refractivity contribution is 5.93. The fourth-order valence-corrected chi connectivity index (χ4v) is 6.53. The molecule has 0 bridgehead atoms. The monoisotopic (exact) mass is 742 g/mol.